The predicted molar refractivity (Wildman–Crippen MR) is 97.0 cm³/mol. The summed E-state index contributed by atoms with van der Waals surface area (Å²) >= 11 is 9.85. The Morgan fingerprint density at radius 1 is 1.33 bits per heavy atom. The zero-order valence-electron chi connectivity index (χ0n) is 11.4. The summed E-state index contributed by atoms with van der Waals surface area (Å²) in [4.78, 5) is 16.7. The van der Waals surface area contributed by atoms with Crippen LogP contribution in [0.1, 0.15) is 23.6 Å². The third kappa shape index (κ3) is 2.74. The molecular weight excluding hydrogens is 419 g/mol. The fourth-order valence-electron chi connectivity index (χ4n) is 2.22. The molecule has 1 N–H and O–H groups in total. The molecule has 108 valence electrons. The highest BCUT2D eigenvalue weighted by Crippen LogP contribution is 2.37. The third-order valence-electron chi connectivity index (χ3n) is 3.38. The lowest BCUT2D eigenvalue weighted by atomic mass is 10.0. The van der Waals surface area contributed by atoms with Gasteiger partial charge in [0.1, 0.15) is 11.0 Å². The zero-order chi connectivity index (χ0) is 15.1. The molecule has 3 nitrogen and oxygen atoms in total. The van der Waals surface area contributed by atoms with Crippen molar-refractivity contribution in [2.75, 3.05) is 5.32 Å². The maximum Gasteiger partial charge on any atom is 0.249 e. The van der Waals surface area contributed by atoms with Crippen LogP contribution in [-0.2, 0) is 4.79 Å². The van der Waals surface area contributed by atoms with Gasteiger partial charge in [0.25, 0.3) is 0 Å². The molecule has 3 rings (SSSR count). The fraction of sp³-hybridized carbons (Fsp3) is 0.200. The molecule has 0 fully saturated rings. The molecule has 2 heterocycles. The van der Waals surface area contributed by atoms with Crippen LogP contribution in [0.15, 0.2) is 29.3 Å². The zero-order valence-corrected chi connectivity index (χ0v) is 15.1. The second-order valence-electron chi connectivity index (χ2n) is 4.85. The number of halogens is 2. The summed E-state index contributed by atoms with van der Waals surface area (Å²) < 4.78 is 1.16. The van der Waals surface area contributed by atoms with Gasteiger partial charge in [-0.3, -0.25) is 9.79 Å². The van der Waals surface area contributed by atoms with Crippen LogP contribution in [0.3, 0.4) is 0 Å². The van der Waals surface area contributed by atoms with E-state index in [1.165, 1.54) is 0 Å². The standard InChI is InChI=1S/C15H12ClIN2OS/c1-7-11-12(9-3-5-10(16)6-4-9)18-8(2)14(20)19-15(11)21-13(7)17/h3-6,8H,1-2H3,(H,19,20)/t8-/m0/s1. The van der Waals surface area contributed by atoms with Gasteiger partial charge in [0.2, 0.25) is 5.91 Å². The van der Waals surface area contributed by atoms with Crippen molar-refractivity contribution in [3.8, 4) is 0 Å². The first-order chi connectivity index (χ1) is 9.97. The molecule has 0 radical (unpaired) electrons. The largest absolute Gasteiger partial charge is 0.315 e. The van der Waals surface area contributed by atoms with Gasteiger partial charge in [-0.2, -0.15) is 0 Å². The minimum atomic E-state index is -0.410. The molecule has 0 bridgehead atoms. The van der Waals surface area contributed by atoms with Gasteiger partial charge in [-0.15, -0.1) is 11.3 Å². The van der Waals surface area contributed by atoms with Crippen LogP contribution in [0.4, 0.5) is 5.00 Å². The second-order valence-corrected chi connectivity index (χ2v) is 8.12. The molecule has 0 saturated heterocycles. The van der Waals surface area contributed by atoms with Gasteiger partial charge in [0.05, 0.1) is 8.60 Å². The van der Waals surface area contributed by atoms with Gasteiger partial charge in [0.15, 0.2) is 0 Å². The first kappa shape index (κ1) is 15.0. The summed E-state index contributed by atoms with van der Waals surface area (Å²) in [6.45, 7) is 3.87. The lowest BCUT2D eigenvalue weighted by Crippen LogP contribution is -2.21. The van der Waals surface area contributed by atoms with Crippen LogP contribution in [0.5, 0.6) is 0 Å². The average Bonchev–Trinajstić information content (AvgIpc) is 2.64. The normalized spacial score (nSPS) is 17.8. The lowest BCUT2D eigenvalue weighted by Gasteiger charge is -2.08. The number of carbonyl (C=O) groups is 1. The first-order valence-corrected chi connectivity index (χ1v) is 8.68. The van der Waals surface area contributed by atoms with Crippen molar-refractivity contribution in [1.82, 2.24) is 0 Å². The topological polar surface area (TPSA) is 41.5 Å². The molecule has 1 aliphatic rings. The summed E-state index contributed by atoms with van der Waals surface area (Å²) in [6, 6.07) is 7.16. The molecule has 1 atom stereocenters. The Labute approximate surface area is 145 Å². The van der Waals surface area contributed by atoms with E-state index in [0.717, 1.165) is 30.3 Å². The Bertz CT molecular complexity index is 752. The molecule has 0 unspecified atom stereocenters. The Morgan fingerprint density at radius 3 is 2.67 bits per heavy atom. The van der Waals surface area contributed by atoms with Crippen LogP contribution < -0.4 is 5.32 Å². The molecule has 0 aliphatic carbocycles. The van der Waals surface area contributed by atoms with E-state index in [4.69, 9.17) is 11.6 Å². The summed E-state index contributed by atoms with van der Waals surface area (Å²) in [5.41, 5.74) is 3.99. The second kappa shape index (κ2) is 5.70. The molecule has 1 aromatic heterocycles. The molecule has 6 heteroatoms. The fourth-order valence-corrected chi connectivity index (χ4v) is 4.21. The third-order valence-corrected chi connectivity index (χ3v) is 6.10. The van der Waals surface area contributed by atoms with Crippen LogP contribution in [0, 0.1) is 9.81 Å². The van der Waals surface area contributed by atoms with E-state index in [1.807, 2.05) is 31.2 Å². The van der Waals surface area contributed by atoms with Crippen LogP contribution in [-0.4, -0.2) is 17.7 Å². The summed E-state index contributed by atoms with van der Waals surface area (Å²) in [6.07, 6.45) is 0. The number of hydrogen-bond acceptors (Lipinski definition) is 3. The van der Waals surface area contributed by atoms with Crippen LogP contribution in [0.2, 0.25) is 5.02 Å². The van der Waals surface area contributed by atoms with E-state index in [-0.39, 0.29) is 5.91 Å². The minimum absolute atomic E-state index is 0.0714. The smallest absolute Gasteiger partial charge is 0.249 e. The maximum absolute atomic E-state index is 12.1. The van der Waals surface area contributed by atoms with Gasteiger partial charge in [-0.25, -0.2) is 0 Å². The number of fused-ring (bicyclic) bond motifs is 1. The number of rotatable bonds is 1. The van der Waals surface area contributed by atoms with Crippen LogP contribution >= 0.6 is 45.5 Å². The number of benzene rings is 1. The number of nitrogens with one attached hydrogen (secondary N) is 1. The summed E-state index contributed by atoms with van der Waals surface area (Å²) in [5, 5.41) is 4.54. The van der Waals surface area contributed by atoms with Gasteiger partial charge >= 0.3 is 0 Å². The van der Waals surface area contributed by atoms with Gasteiger partial charge < -0.3 is 5.32 Å². The molecule has 0 spiro atoms. The number of amides is 1. The van der Waals surface area contributed by atoms with Crippen molar-refractivity contribution in [2.24, 2.45) is 4.99 Å². The highest BCUT2D eigenvalue weighted by molar-refractivity contribution is 14.1. The van der Waals surface area contributed by atoms with Gasteiger partial charge in [-0.05, 0) is 54.1 Å². The number of aliphatic imine (C=N–C) groups is 1. The number of hydrogen-bond donors (Lipinski definition) is 1. The van der Waals surface area contributed by atoms with Crippen LogP contribution in [0.25, 0.3) is 0 Å². The molecule has 21 heavy (non-hydrogen) atoms. The first-order valence-electron chi connectivity index (χ1n) is 6.41. The average molecular weight is 431 g/mol. The highest BCUT2D eigenvalue weighted by Gasteiger charge is 2.27. The lowest BCUT2D eigenvalue weighted by molar-refractivity contribution is -0.116. The molecular formula is C15H12ClIN2OS. The number of nitrogens with zero attached hydrogens (tertiary/aromatic N) is 1. The molecule has 1 aliphatic heterocycles. The summed E-state index contributed by atoms with van der Waals surface area (Å²) in [5.74, 6) is -0.0714. The quantitative estimate of drug-likeness (QED) is 0.665. The van der Waals surface area contributed by atoms with Gasteiger partial charge in [-0.1, -0.05) is 23.7 Å². The van der Waals surface area contributed by atoms with E-state index >= 15 is 0 Å². The van der Waals surface area contributed by atoms with Crippen molar-refractivity contribution in [2.45, 2.75) is 19.9 Å². The monoisotopic (exact) mass is 430 g/mol. The van der Waals surface area contributed by atoms with Crippen molar-refractivity contribution >= 4 is 62.1 Å². The van der Waals surface area contributed by atoms with Gasteiger partial charge in [0, 0.05) is 16.1 Å². The maximum atomic E-state index is 12.1. The van der Waals surface area contributed by atoms with E-state index in [0.29, 0.717) is 5.02 Å². The van der Waals surface area contributed by atoms with Crippen molar-refractivity contribution in [1.29, 1.82) is 0 Å². The Kier molecular flexibility index (Phi) is 4.07. The molecule has 1 amide bonds. The predicted octanol–water partition coefficient (Wildman–Crippen LogP) is 4.49. The molecule has 1 aromatic carbocycles. The number of carbonyl (C=O) groups excluding carboxylic acids is 1. The van der Waals surface area contributed by atoms with Crippen molar-refractivity contribution in [3.63, 3.8) is 0 Å². The highest BCUT2D eigenvalue weighted by atomic mass is 127. The Balaban J connectivity index is 2.24. The Morgan fingerprint density at radius 2 is 2.00 bits per heavy atom. The minimum Gasteiger partial charge on any atom is -0.315 e. The molecule has 2 aromatic rings. The van der Waals surface area contributed by atoms with E-state index in [9.17, 15) is 4.79 Å². The van der Waals surface area contributed by atoms with E-state index in [2.05, 4.69) is 39.8 Å². The Hall–Kier alpha value is -0.920. The van der Waals surface area contributed by atoms with Crippen molar-refractivity contribution < 1.29 is 4.79 Å². The number of thiophene rings is 1. The summed E-state index contributed by atoms with van der Waals surface area (Å²) in [7, 11) is 0. The SMILES string of the molecule is Cc1c(I)sc2c1C(c1ccc(Cl)cc1)=N[C@@H](C)C(=O)N2. The van der Waals surface area contributed by atoms with E-state index < -0.39 is 6.04 Å². The molecule has 0 saturated carbocycles. The number of anilines is 1. The van der Waals surface area contributed by atoms with E-state index in [1.54, 1.807) is 11.3 Å². The van der Waals surface area contributed by atoms with Crippen molar-refractivity contribution in [3.05, 3.63) is 48.9 Å².